The Morgan fingerprint density at radius 2 is 2.03 bits per heavy atom. The third-order valence-corrected chi connectivity index (χ3v) is 5.07. The molecule has 2 aromatic carbocycles. The maximum absolute atomic E-state index is 14.5. The summed E-state index contributed by atoms with van der Waals surface area (Å²) in [7, 11) is 5.23. The number of carbonyl (C=O) groups is 1. The minimum Gasteiger partial charge on any atom is -0.464 e. The first-order valence-electron chi connectivity index (χ1n) is 10.1. The first-order chi connectivity index (χ1) is 15.4. The molecule has 0 aromatic heterocycles. The Bertz CT molecular complexity index is 1080. The zero-order valence-corrected chi connectivity index (χ0v) is 19.0. The van der Waals surface area contributed by atoms with Gasteiger partial charge >= 0.3 is 5.97 Å². The fourth-order valence-corrected chi connectivity index (χ4v) is 3.46. The number of ether oxygens (including phenoxy) is 1. The van der Waals surface area contributed by atoms with Crippen LogP contribution in [0, 0.1) is 5.82 Å². The van der Waals surface area contributed by atoms with Crippen molar-refractivity contribution in [3.05, 3.63) is 64.4 Å². The number of aliphatic imine (C=N–C) groups is 2. The average molecular weight is 458 g/mol. The van der Waals surface area contributed by atoms with Gasteiger partial charge in [0.1, 0.15) is 17.4 Å². The number of hydrogen-bond acceptors (Lipinski definition) is 7. The lowest BCUT2D eigenvalue weighted by atomic mass is 10.00. The van der Waals surface area contributed by atoms with Gasteiger partial charge in [-0.2, -0.15) is 5.10 Å². The summed E-state index contributed by atoms with van der Waals surface area (Å²) >= 11 is 6.44. The molecule has 0 amide bonds. The summed E-state index contributed by atoms with van der Waals surface area (Å²) in [6, 6.07) is 11.6. The number of amidine groups is 1. The lowest BCUT2D eigenvalue weighted by molar-refractivity contribution is -0.132. The zero-order valence-electron chi connectivity index (χ0n) is 18.2. The number of rotatable bonds is 7. The van der Waals surface area contributed by atoms with E-state index in [2.05, 4.69) is 20.5 Å². The van der Waals surface area contributed by atoms with Gasteiger partial charge in [0.05, 0.1) is 30.1 Å². The fraction of sp³-hybridized carbons (Fsp3) is 0.304. The summed E-state index contributed by atoms with van der Waals surface area (Å²) < 4.78 is 19.4. The van der Waals surface area contributed by atoms with Crippen molar-refractivity contribution in [3.8, 4) is 0 Å². The number of hydrogen-bond donors (Lipinski definition) is 1. The van der Waals surface area contributed by atoms with Crippen molar-refractivity contribution >= 4 is 40.5 Å². The maximum atomic E-state index is 14.5. The van der Waals surface area contributed by atoms with E-state index in [0.29, 0.717) is 39.8 Å². The minimum absolute atomic E-state index is 0.102. The highest BCUT2D eigenvalue weighted by atomic mass is 35.5. The van der Waals surface area contributed by atoms with Crippen molar-refractivity contribution in [1.82, 2.24) is 10.3 Å². The third kappa shape index (κ3) is 5.77. The number of hydrazone groups is 1. The third-order valence-electron chi connectivity index (χ3n) is 4.76. The molecule has 3 rings (SSSR count). The SMILES string of the molecule is COC(=O)/C(CCCN(C)C)=N/NC1=Nc2cccc(Cl)c2C(c2ccccc2F)=NC1. The molecular formula is C23H25ClFN5O2. The topological polar surface area (TPSA) is 78.6 Å². The van der Waals surface area contributed by atoms with Gasteiger partial charge in [0.25, 0.3) is 0 Å². The average Bonchev–Trinajstić information content (AvgIpc) is 2.96. The molecule has 2 aromatic rings. The maximum Gasteiger partial charge on any atom is 0.354 e. The molecule has 0 unspecified atom stereocenters. The van der Waals surface area contributed by atoms with E-state index in [9.17, 15) is 9.18 Å². The minimum atomic E-state index is -0.510. The van der Waals surface area contributed by atoms with Crippen molar-refractivity contribution in [3.63, 3.8) is 0 Å². The van der Waals surface area contributed by atoms with E-state index in [1.165, 1.54) is 13.2 Å². The van der Waals surface area contributed by atoms with E-state index >= 15 is 0 Å². The van der Waals surface area contributed by atoms with Crippen molar-refractivity contribution in [2.24, 2.45) is 15.1 Å². The monoisotopic (exact) mass is 457 g/mol. The summed E-state index contributed by atoms with van der Waals surface area (Å²) in [5, 5.41) is 4.65. The van der Waals surface area contributed by atoms with Crippen LogP contribution in [0.25, 0.3) is 0 Å². The van der Waals surface area contributed by atoms with Gasteiger partial charge in [-0.25, -0.2) is 14.2 Å². The van der Waals surface area contributed by atoms with Crippen molar-refractivity contribution in [2.75, 3.05) is 34.3 Å². The van der Waals surface area contributed by atoms with Gasteiger partial charge in [0.2, 0.25) is 0 Å². The summed E-state index contributed by atoms with van der Waals surface area (Å²) in [6.45, 7) is 0.906. The van der Waals surface area contributed by atoms with Gasteiger partial charge in [0.15, 0.2) is 0 Å². The summed E-state index contributed by atoms with van der Waals surface area (Å²) in [5.74, 6) is -0.515. The van der Waals surface area contributed by atoms with Crippen LogP contribution in [0.4, 0.5) is 10.1 Å². The molecule has 0 aliphatic carbocycles. The number of carbonyl (C=O) groups excluding carboxylic acids is 1. The van der Waals surface area contributed by atoms with Crippen molar-refractivity contribution in [2.45, 2.75) is 12.8 Å². The molecule has 0 bridgehead atoms. The largest absolute Gasteiger partial charge is 0.464 e. The van der Waals surface area contributed by atoms with Gasteiger partial charge in [-0.15, -0.1) is 0 Å². The first kappa shape index (κ1) is 23.6. The fourth-order valence-electron chi connectivity index (χ4n) is 3.20. The smallest absolute Gasteiger partial charge is 0.354 e. The van der Waals surface area contributed by atoms with Crippen LogP contribution in [0.15, 0.2) is 57.6 Å². The highest BCUT2D eigenvalue weighted by Gasteiger charge is 2.21. The van der Waals surface area contributed by atoms with E-state index in [1.807, 2.05) is 19.0 Å². The first-order valence-corrected chi connectivity index (χ1v) is 10.5. The van der Waals surface area contributed by atoms with Crippen LogP contribution in [0.1, 0.15) is 24.0 Å². The van der Waals surface area contributed by atoms with Crippen LogP contribution in [-0.2, 0) is 9.53 Å². The molecule has 9 heteroatoms. The predicted molar refractivity (Wildman–Crippen MR) is 126 cm³/mol. The number of esters is 1. The van der Waals surface area contributed by atoms with Crippen molar-refractivity contribution in [1.29, 1.82) is 0 Å². The van der Waals surface area contributed by atoms with Crippen molar-refractivity contribution < 1.29 is 13.9 Å². The van der Waals surface area contributed by atoms with E-state index in [1.54, 1.807) is 36.4 Å². The lowest BCUT2D eigenvalue weighted by Gasteiger charge is -2.10. The number of benzene rings is 2. The highest BCUT2D eigenvalue weighted by molar-refractivity contribution is 6.37. The molecule has 1 aliphatic heterocycles. The molecular weight excluding hydrogens is 433 g/mol. The summed E-state index contributed by atoms with van der Waals surface area (Å²) in [6.07, 6.45) is 1.18. The molecule has 0 radical (unpaired) electrons. The summed E-state index contributed by atoms with van der Waals surface area (Å²) in [5.41, 5.74) is 4.91. The van der Waals surface area contributed by atoms with E-state index in [-0.39, 0.29) is 12.3 Å². The number of halogens is 2. The molecule has 168 valence electrons. The number of nitrogens with zero attached hydrogens (tertiary/aromatic N) is 4. The molecule has 1 aliphatic rings. The molecule has 0 atom stereocenters. The van der Waals surface area contributed by atoms with Gasteiger partial charge in [-0.3, -0.25) is 10.4 Å². The Morgan fingerprint density at radius 3 is 2.75 bits per heavy atom. The molecule has 1 heterocycles. The van der Waals surface area contributed by atoms with Gasteiger partial charge < -0.3 is 9.64 Å². The number of methoxy groups -OCH3 is 1. The predicted octanol–water partition coefficient (Wildman–Crippen LogP) is 3.82. The standard InChI is InChI=1S/C23H25ClFN5O2/c1-30(2)13-7-12-19(23(31)32-3)28-29-20-14-26-22(15-8-4-5-10-17(15)25)21-16(24)9-6-11-18(21)27-20/h4-6,8-11H,7,12-14H2,1-3H3,(H,27,29)/b28-19+. The van der Waals surface area contributed by atoms with Crippen LogP contribution in [0.2, 0.25) is 5.02 Å². The molecule has 32 heavy (non-hydrogen) atoms. The Kier molecular flexibility index (Phi) is 8.08. The van der Waals surface area contributed by atoms with E-state index in [4.69, 9.17) is 16.3 Å². The molecule has 1 N–H and O–H groups in total. The Morgan fingerprint density at radius 1 is 1.25 bits per heavy atom. The van der Waals surface area contributed by atoms with Gasteiger partial charge in [-0.05, 0) is 51.3 Å². The van der Waals surface area contributed by atoms with Crippen LogP contribution >= 0.6 is 11.6 Å². The molecule has 0 saturated carbocycles. The highest BCUT2D eigenvalue weighted by Crippen LogP contribution is 2.32. The second-order valence-electron chi connectivity index (χ2n) is 7.41. The lowest BCUT2D eigenvalue weighted by Crippen LogP contribution is -2.26. The molecule has 0 spiro atoms. The number of nitrogens with one attached hydrogen (secondary N) is 1. The molecule has 0 saturated heterocycles. The quantitative estimate of drug-likeness (QED) is 0.389. The van der Waals surface area contributed by atoms with Crippen LogP contribution < -0.4 is 5.43 Å². The zero-order chi connectivity index (χ0) is 23.1. The van der Waals surface area contributed by atoms with E-state index in [0.717, 1.165) is 13.0 Å². The van der Waals surface area contributed by atoms with Crippen LogP contribution in [0.5, 0.6) is 0 Å². The number of fused-ring (bicyclic) bond motifs is 1. The van der Waals surface area contributed by atoms with Crippen LogP contribution in [-0.4, -0.2) is 62.4 Å². The molecule has 0 fully saturated rings. The Hall–Kier alpha value is -3.10. The Labute approximate surface area is 191 Å². The van der Waals surface area contributed by atoms with Gasteiger partial charge in [-0.1, -0.05) is 29.8 Å². The molecule has 7 nitrogen and oxygen atoms in total. The van der Waals surface area contributed by atoms with E-state index < -0.39 is 11.8 Å². The normalized spacial score (nSPS) is 13.8. The second kappa shape index (κ2) is 11.0. The van der Waals surface area contributed by atoms with Crippen LogP contribution in [0.3, 0.4) is 0 Å². The second-order valence-corrected chi connectivity index (χ2v) is 7.81. The summed E-state index contributed by atoms with van der Waals surface area (Å²) in [4.78, 5) is 23.3. The Balaban J connectivity index is 1.93. The van der Waals surface area contributed by atoms with Gasteiger partial charge in [0, 0.05) is 17.5 Å².